The summed E-state index contributed by atoms with van der Waals surface area (Å²) in [6, 6.07) is 8.41. The van der Waals surface area contributed by atoms with Gasteiger partial charge in [-0.25, -0.2) is 8.42 Å². The van der Waals surface area contributed by atoms with Crippen LogP contribution in [0.3, 0.4) is 0 Å². The Morgan fingerprint density at radius 1 is 1.17 bits per heavy atom. The number of aliphatic carboxylic acids is 1. The van der Waals surface area contributed by atoms with Crippen molar-refractivity contribution in [2.75, 3.05) is 11.8 Å². The molecule has 128 valence electrons. The third kappa shape index (κ3) is 4.53. The lowest BCUT2D eigenvalue weighted by Crippen LogP contribution is -2.15. The maximum atomic E-state index is 12.6. The molecule has 0 aliphatic heterocycles. The molecule has 0 aromatic heterocycles. The lowest BCUT2D eigenvalue weighted by Gasteiger charge is -2.13. The van der Waals surface area contributed by atoms with Gasteiger partial charge in [-0.3, -0.25) is 9.52 Å². The van der Waals surface area contributed by atoms with Crippen LogP contribution in [0.25, 0.3) is 0 Å². The van der Waals surface area contributed by atoms with Crippen molar-refractivity contribution in [2.45, 2.75) is 11.3 Å². The normalized spacial score (nSPS) is 11.1. The summed E-state index contributed by atoms with van der Waals surface area (Å²) in [5.41, 5.74) is 0.506. The third-order valence-corrected chi connectivity index (χ3v) is 4.83. The van der Waals surface area contributed by atoms with E-state index in [4.69, 9.17) is 33.0 Å². The second-order valence-corrected chi connectivity index (χ2v) is 7.34. The molecule has 0 radical (unpaired) electrons. The highest BCUT2D eigenvalue weighted by molar-refractivity contribution is 7.92. The predicted molar refractivity (Wildman–Crippen MR) is 91.6 cm³/mol. The van der Waals surface area contributed by atoms with Gasteiger partial charge in [0.2, 0.25) is 0 Å². The van der Waals surface area contributed by atoms with E-state index in [9.17, 15) is 13.2 Å². The fourth-order valence-electron chi connectivity index (χ4n) is 2.04. The van der Waals surface area contributed by atoms with E-state index >= 15 is 0 Å². The zero-order valence-electron chi connectivity index (χ0n) is 12.4. The predicted octanol–water partition coefficient (Wildman–Crippen LogP) is 3.43. The van der Waals surface area contributed by atoms with Crippen LogP contribution in [0.2, 0.25) is 10.0 Å². The van der Waals surface area contributed by atoms with Crippen molar-refractivity contribution in [3.05, 3.63) is 52.0 Å². The Bertz CT molecular complexity index is 863. The maximum absolute atomic E-state index is 12.6. The molecule has 0 bridgehead atoms. The van der Waals surface area contributed by atoms with Crippen molar-refractivity contribution in [2.24, 2.45) is 0 Å². The maximum Gasteiger partial charge on any atom is 0.307 e. The average molecular weight is 390 g/mol. The number of anilines is 1. The Morgan fingerprint density at radius 2 is 1.79 bits per heavy atom. The van der Waals surface area contributed by atoms with Crippen LogP contribution in [0.4, 0.5) is 5.69 Å². The Morgan fingerprint density at radius 3 is 2.33 bits per heavy atom. The molecule has 2 aromatic rings. The van der Waals surface area contributed by atoms with Gasteiger partial charge in [0.1, 0.15) is 10.6 Å². The van der Waals surface area contributed by atoms with E-state index in [1.165, 1.54) is 43.5 Å². The fraction of sp³-hybridized carbons (Fsp3) is 0.133. The van der Waals surface area contributed by atoms with Gasteiger partial charge in [-0.2, -0.15) is 0 Å². The molecule has 2 aromatic carbocycles. The molecule has 0 amide bonds. The van der Waals surface area contributed by atoms with E-state index in [-0.39, 0.29) is 32.8 Å². The highest BCUT2D eigenvalue weighted by atomic mass is 35.5. The monoisotopic (exact) mass is 389 g/mol. The topological polar surface area (TPSA) is 92.7 Å². The first-order valence-electron chi connectivity index (χ1n) is 6.59. The van der Waals surface area contributed by atoms with Gasteiger partial charge in [0, 0.05) is 10.0 Å². The summed E-state index contributed by atoms with van der Waals surface area (Å²) in [5, 5.41) is 9.40. The molecule has 0 saturated carbocycles. The van der Waals surface area contributed by atoms with Gasteiger partial charge >= 0.3 is 5.97 Å². The molecule has 6 nitrogen and oxygen atoms in total. The Balaban J connectivity index is 2.45. The van der Waals surface area contributed by atoms with Crippen LogP contribution in [0.15, 0.2) is 41.3 Å². The van der Waals surface area contributed by atoms with Gasteiger partial charge in [0.25, 0.3) is 10.0 Å². The standard InChI is InChI=1S/C15H13Cl2NO5S/c1-23-13-3-2-9(5-15(19)20)4-14(13)24(21,22)18-12-7-10(16)6-11(17)8-12/h2-4,6-8,18H,5H2,1H3,(H,19,20). The Hall–Kier alpha value is -1.96. The molecular weight excluding hydrogens is 377 g/mol. The minimum Gasteiger partial charge on any atom is -0.495 e. The molecule has 0 atom stereocenters. The number of hydrogen-bond donors (Lipinski definition) is 2. The summed E-state index contributed by atoms with van der Waals surface area (Å²) in [7, 11) is -2.71. The molecule has 0 unspecified atom stereocenters. The van der Waals surface area contributed by atoms with Gasteiger partial charge in [-0.15, -0.1) is 0 Å². The number of nitrogens with one attached hydrogen (secondary N) is 1. The lowest BCUT2D eigenvalue weighted by molar-refractivity contribution is -0.136. The van der Waals surface area contributed by atoms with Crippen LogP contribution in [-0.2, 0) is 21.2 Å². The lowest BCUT2D eigenvalue weighted by atomic mass is 10.1. The summed E-state index contributed by atoms with van der Waals surface area (Å²) in [5.74, 6) is -0.983. The number of halogens is 2. The summed E-state index contributed by atoms with van der Waals surface area (Å²) in [6.07, 6.45) is -0.310. The molecule has 9 heteroatoms. The average Bonchev–Trinajstić information content (AvgIpc) is 2.45. The molecule has 0 aliphatic carbocycles. The van der Waals surface area contributed by atoms with E-state index in [2.05, 4.69) is 4.72 Å². The van der Waals surface area contributed by atoms with Crippen LogP contribution in [-0.4, -0.2) is 26.6 Å². The van der Waals surface area contributed by atoms with Crippen molar-refractivity contribution < 1.29 is 23.1 Å². The number of hydrogen-bond acceptors (Lipinski definition) is 4. The van der Waals surface area contributed by atoms with E-state index in [1.807, 2.05) is 0 Å². The number of carboxylic acids is 1. The van der Waals surface area contributed by atoms with E-state index in [1.54, 1.807) is 0 Å². The van der Waals surface area contributed by atoms with E-state index in [0.29, 0.717) is 5.56 Å². The summed E-state index contributed by atoms with van der Waals surface area (Å²) in [6.45, 7) is 0. The Kier molecular flexibility index (Phi) is 5.58. The van der Waals surface area contributed by atoms with Gasteiger partial charge < -0.3 is 9.84 Å². The van der Waals surface area contributed by atoms with Gasteiger partial charge in [-0.1, -0.05) is 29.3 Å². The zero-order chi connectivity index (χ0) is 17.9. The molecule has 2 rings (SSSR count). The highest BCUT2D eigenvalue weighted by Crippen LogP contribution is 2.29. The molecule has 0 aliphatic rings. The van der Waals surface area contributed by atoms with Crippen molar-refractivity contribution >= 4 is 44.9 Å². The summed E-state index contributed by atoms with van der Waals surface area (Å²) >= 11 is 11.7. The highest BCUT2D eigenvalue weighted by Gasteiger charge is 2.21. The third-order valence-electron chi connectivity index (χ3n) is 2.99. The number of ether oxygens (including phenoxy) is 1. The first-order valence-corrected chi connectivity index (χ1v) is 8.83. The van der Waals surface area contributed by atoms with Crippen LogP contribution in [0, 0.1) is 0 Å². The molecule has 0 fully saturated rings. The Labute approximate surface area is 149 Å². The molecular formula is C15H13Cl2NO5S. The molecule has 2 N–H and O–H groups in total. The van der Waals surface area contributed by atoms with Crippen LogP contribution in [0.5, 0.6) is 5.75 Å². The first kappa shape index (κ1) is 18.4. The molecule has 0 saturated heterocycles. The quantitative estimate of drug-likeness (QED) is 0.789. The number of sulfonamides is 1. The summed E-state index contributed by atoms with van der Waals surface area (Å²) in [4.78, 5) is 10.6. The van der Waals surface area contributed by atoms with Crippen molar-refractivity contribution in [1.82, 2.24) is 0 Å². The smallest absolute Gasteiger partial charge is 0.307 e. The molecule has 24 heavy (non-hydrogen) atoms. The van der Waals surface area contributed by atoms with Crippen LogP contribution < -0.4 is 9.46 Å². The molecule has 0 spiro atoms. The fourth-order valence-corrected chi connectivity index (χ4v) is 3.83. The SMILES string of the molecule is COc1ccc(CC(=O)O)cc1S(=O)(=O)Nc1cc(Cl)cc(Cl)c1. The van der Waals surface area contributed by atoms with Gasteiger partial charge in [-0.05, 0) is 35.9 Å². The number of carbonyl (C=O) groups is 1. The number of rotatable bonds is 6. The number of benzene rings is 2. The number of carboxylic acid groups (broad SMARTS) is 1. The minimum atomic E-state index is -4.03. The summed E-state index contributed by atoms with van der Waals surface area (Å²) < 4.78 is 32.6. The van der Waals surface area contributed by atoms with Gasteiger partial charge in [0.05, 0.1) is 19.2 Å². The van der Waals surface area contributed by atoms with Crippen LogP contribution >= 0.6 is 23.2 Å². The largest absolute Gasteiger partial charge is 0.495 e. The van der Waals surface area contributed by atoms with Crippen molar-refractivity contribution in [1.29, 1.82) is 0 Å². The zero-order valence-corrected chi connectivity index (χ0v) is 14.7. The van der Waals surface area contributed by atoms with Gasteiger partial charge in [0.15, 0.2) is 0 Å². The molecule has 0 heterocycles. The second-order valence-electron chi connectivity index (χ2n) is 4.82. The number of methoxy groups -OCH3 is 1. The van der Waals surface area contributed by atoms with Crippen molar-refractivity contribution in [3.8, 4) is 5.75 Å². The van der Waals surface area contributed by atoms with Crippen molar-refractivity contribution in [3.63, 3.8) is 0 Å². The van der Waals surface area contributed by atoms with E-state index < -0.39 is 16.0 Å². The second kappa shape index (κ2) is 7.29. The van der Waals surface area contributed by atoms with Crippen LogP contribution in [0.1, 0.15) is 5.56 Å². The van der Waals surface area contributed by atoms with E-state index in [0.717, 1.165) is 0 Å². The first-order chi connectivity index (χ1) is 11.2. The minimum absolute atomic E-state index is 0.0877.